The van der Waals surface area contributed by atoms with Crippen LogP contribution in [0.2, 0.25) is 0 Å². The van der Waals surface area contributed by atoms with Crippen LogP contribution in [0.4, 0.5) is 5.82 Å². The highest BCUT2D eigenvalue weighted by Crippen LogP contribution is 2.41. The van der Waals surface area contributed by atoms with Gasteiger partial charge in [-0.2, -0.15) is 0 Å². The van der Waals surface area contributed by atoms with Crippen LogP contribution < -0.4 is 4.90 Å². The van der Waals surface area contributed by atoms with Crippen LogP contribution in [0.15, 0.2) is 42.9 Å². The monoisotopic (exact) mass is 321 g/mol. The Balaban J connectivity index is 1.92. The lowest BCUT2D eigenvalue weighted by atomic mass is 9.92. The number of benzene rings is 1. The van der Waals surface area contributed by atoms with Crippen LogP contribution in [0.5, 0.6) is 0 Å². The molecule has 0 fully saturated rings. The summed E-state index contributed by atoms with van der Waals surface area (Å²) < 4.78 is 2.43. The molecule has 126 valence electrons. The second kappa shape index (κ2) is 5.44. The Kier molecular flexibility index (Phi) is 3.48. The fraction of sp³-hybridized carbons (Fsp3) is 0.429. The van der Waals surface area contributed by atoms with Gasteiger partial charge in [-0.25, -0.2) is 0 Å². The zero-order valence-electron chi connectivity index (χ0n) is 15.3. The van der Waals surface area contributed by atoms with Crippen molar-refractivity contribution in [2.75, 3.05) is 11.9 Å². The van der Waals surface area contributed by atoms with E-state index in [1.54, 1.807) is 0 Å². The van der Waals surface area contributed by atoms with Crippen LogP contribution >= 0.6 is 0 Å². The molecule has 1 unspecified atom stereocenters. The fourth-order valence-corrected chi connectivity index (χ4v) is 4.11. The summed E-state index contributed by atoms with van der Waals surface area (Å²) in [5.41, 5.74) is 5.69. The molecule has 2 aliphatic rings. The van der Waals surface area contributed by atoms with E-state index < -0.39 is 0 Å². The molecule has 1 aromatic carbocycles. The molecule has 0 saturated heterocycles. The quantitative estimate of drug-likeness (QED) is 0.802. The summed E-state index contributed by atoms with van der Waals surface area (Å²) in [7, 11) is 2.17. The Morgan fingerprint density at radius 2 is 1.62 bits per heavy atom. The predicted molar refractivity (Wildman–Crippen MR) is 101 cm³/mol. The van der Waals surface area contributed by atoms with Crippen LogP contribution in [0, 0.1) is 0 Å². The average molecular weight is 321 g/mol. The summed E-state index contributed by atoms with van der Waals surface area (Å²) in [4.78, 5) is 4.73. The van der Waals surface area contributed by atoms with E-state index >= 15 is 0 Å². The molecule has 24 heavy (non-hydrogen) atoms. The molecule has 2 aliphatic heterocycles. The first-order chi connectivity index (χ1) is 11.5. The first-order valence-corrected chi connectivity index (χ1v) is 9.01. The molecular formula is C21H27N3. The molecule has 0 bridgehead atoms. The summed E-state index contributed by atoms with van der Waals surface area (Å²) in [5, 5.41) is 0. The molecular weight excluding hydrogens is 294 g/mol. The summed E-state index contributed by atoms with van der Waals surface area (Å²) >= 11 is 0. The molecule has 0 radical (unpaired) electrons. The van der Waals surface area contributed by atoms with Gasteiger partial charge >= 0.3 is 0 Å². The number of nitrogens with zero attached hydrogens (tertiary/aromatic N) is 3. The first kappa shape index (κ1) is 15.4. The number of likely N-dealkylation sites (N-methyl/N-ethyl adjacent to an activating group) is 1. The summed E-state index contributed by atoms with van der Waals surface area (Å²) in [6, 6.07) is 9.09. The maximum atomic E-state index is 2.43. The molecule has 0 spiro atoms. The Hall–Kier alpha value is -2.16. The van der Waals surface area contributed by atoms with Crippen LogP contribution in [0.25, 0.3) is 5.69 Å². The van der Waals surface area contributed by atoms with Gasteiger partial charge in [0.05, 0.1) is 5.69 Å². The molecule has 3 heteroatoms. The average Bonchev–Trinajstić information content (AvgIpc) is 3.19. The number of aromatic nitrogens is 1. The van der Waals surface area contributed by atoms with Crippen molar-refractivity contribution in [1.29, 1.82) is 0 Å². The summed E-state index contributed by atoms with van der Waals surface area (Å²) in [5.74, 6) is 2.35. The van der Waals surface area contributed by atoms with E-state index in [0.29, 0.717) is 18.0 Å². The highest BCUT2D eigenvalue weighted by molar-refractivity contribution is 5.66. The molecule has 2 aromatic rings. The topological polar surface area (TPSA) is 11.4 Å². The maximum absolute atomic E-state index is 2.43. The van der Waals surface area contributed by atoms with E-state index in [-0.39, 0.29) is 0 Å². The van der Waals surface area contributed by atoms with Crippen LogP contribution in [-0.2, 0) is 6.42 Å². The van der Waals surface area contributed by atoms with Crippen molar-refractivity contribution in [2.45, 2.75) is 52.1 Å². The van der Waals surface area contributed by atoms with Crippen molar-refractivity contribution >= 4 is 5.82 Å². The first-order valence-electron chi connectivity index (χ1n) is 9.01. The zero-order valence-corrected chi connectivity index (χ0v) is 15.3. The molecule has 1 aromatic heterocycles. The molecule has 4 rings (SSSR count). The number of hydrogen-bond acceptors (Lipinski definition) is 2. The van der Waals surface area contributed by atoms with Gasteiger partial charge in [0.25, 0.3) is 0 Å². The standard InChI is InChI=1S/C21H27N3/c1-14(2)17-7-6-8-18(15(3)4)20(17)24-10-9-16-13-19-22(5)11-12-23(19)21(16)24/h6-12,14-15,19H,13H2,1-5H3. The van der Waals surface area contributed by atoms with Gasteiger partial charge < -0.3 is 14.4 Å². The van der Waals surface area contributed by atoms with E-state index in [2.05, 4.69) is 92.0 Å². The number of para-hydroxylation sites is 1. The van der Waals surface area contributed by atoms with Gasteiger partial charge in [0.2, 0.25) is 0 Å². The predicted octanol–water partition coefficient (Wildman–Crippen LogP) is 4.83. The van der Waals surface area contributed by atoms with Gasteiger partial charge in [-0.3, -0.25) is 0 Å². The van der Waals surface area contributed by atoms with Gasteiger partial charge in [0.15, 0.2) is 0 Å². The highest BCUT2D eigenvalue weighted by Gasteiger charge is 2.36. The smallest absolute Gasteiger partial charge is 0.122 e. The summed E-state index contributed by atoms with van der Waals surface area (Å²) in [6.45, 7) is 9.16. The van der Waals surface area contributed by atoms with Gasteiger partial charge in [-0.15, -0.1) is 0 Å². The number of rotatable bonds is 3. The third kappa shape index (κ3) is 2.10. The number of hydrogen-bond donors (Lipinski definition) is 0. The Morgan fingerprint density at radius 1 is 0.958 bits per heavy atom. The normalized spacial score (nSPS) is 18.9. The Morgan fingerprint density at radius 3 is 2.25 bits per heavy atom. The molecule has 0 saturated carbocycles. The summed E-state index contributed by atoms with van der Waals surface area (Å²) in [6.07, 6.45) is 8.20. The zero-order chi connectivity index (χ0) is 17.0. The lowest BCUT2D eigenvalue weighted by Gasteiger charge is -2.27. The lowest BCUT2D eigenvalue weighted by molar-refractivity contribution is 0.367. The van der Waals surface area contributed by atoms with Gasteiger partial charge in [-0.1, -0.05) is 45.9 Å². The minimum absolute atomic E-state index is 0.441. The van der Waals surface area contributed by atoms with E-state index in [1.807, 2.05) is 0 Å². The van der Waals surface area contributed by atoms with Crippen molar-refractivity contribution in [3.8, 4) is 5.69 Å². The van der Waals surface area contributed by atoms with Crippen LogP contribution in [-0.4, -0.2) is 22.7 Å². The van der Waals surface area contributed by atoms with Crippen molar-refractivity contribution in [1.82, 2.24) is 9.47 Å². The second-order valence-corrected chi connectivity index (χ2v) is 7.68. The van der Waals surface area contributed by atoms with Crippen LogP contribution in [0.3, 0.4) is 0 Å². The maximum Gasteiger partial charge on any atom is 0.122 e. The lowest BCUT2D eigenvalue weighted by Crippen LogP contribution is -2.34. The second-order valence-electron chi connectivity index (χ2n) is 7.68. The largest absolute Gasteiger partial charge is 0.358 e. The van der Waals surface area contributed by atoms with E-state index in [4.69, 9.17) is 0 Å². The van der Waals surface area contributed by atoms with E-state index in [0.717, 1.165) is 6.42 Å². The molecule has 1 atom stereocenters. The van der Waals surface area contributed by atoms with E-state index in [1.165, 1.54) is 28.2 Å². The third-order valence-corrected chi connectivity index (χ3v) is 5.42. The minimum Gasteiger partial charge on any atom is -0.358 e. The highest BCUT2D eigenvalue weighted by atomic mass is 15.4. The third-order valence-electron chi connectivity index (χ3n) is 5.42. The molecule has 3 nitrogen and oxygen atoms in total. The minimum atomic E-state index is 0.441. The number of fused-ring (bicyclic) bond motifs is 3. The van der Waals surface area contributed by atoms with Gasteiger partial charge in [0, 0.05) is 32.1 Å². The van der Waals surface area contributed by atoms with Gasteiger partial charge in [0.1, 0.15) is 12.0 Å². The van der Waals surface area contributed by atoms with Crippen molar-refractivity contribution < 1.29 is 0 Å². The van der Waals surface area contributed by atoms with Crippen molar-refractivity contribution in [2.24, 2.45) is 0 Å². The molecule has 0 N–H and O–H groups in total. The molecule has 3 heterocycles. The molecule has 0 aliphatic carbocycles. The van der Waals surface area contributed by atoms with Crippen LogP contribution in [0.1, 0.15) is 56.2 Å². The Bertz CT molecular complexity index is 771. The van der Waals surface area contributed by atoms with Crippen molar-refractivity contribution in [3.05, 3.63) is 59.6 Å². The number of anilines is 1. The Labute approximate surface area is 145 Å². The fourth-order valence-electron chi connectivity index (χ4n) is 4.11. The van der Waals surface area contributed by atoms with Gasteiger partial charge in [-0.05, 0) is 34.6 Å². The van der Waals surface area contributed by atoms with Crippen molar-refractivity contribution in [3.63, 3.8) is 0 Å². The van der Waals surface area contributed by atoms with E-state index in [9.17, 15) is 0 Å². The SMILES string of the molecule is CC(C)c1cccc(C(C)C)c1-n1ccc2c1N1C=CN(C)C1C2. The molecule has 0 amide bonds.